The van der Waals surface area contributed by atoms with E-state index in [-0.39, 0.29) is 12.6 Å². The number of rotatable bonds is 2. The number of hydrogen-bond acceptors (Lipinski definition) is 7. The summed E-state index contributed by atoms with van der Waals surface area (Å²) in [5, 5.41) is 0. The molecule has 0 aliphatic carbocycles. The molecule has 0 saturated heterocycles. The van der Waals surface area contributed by atoms with Crippen LogP contribution in [0, 0.1) is 11.8 Å². The average Bonchev–Trinajstić information content (AvgIpc) is 3.27. The number of amidine groups is 1. The summed E-state index contributed by atoms with van der Waals surface area (Å²) in [6, 6.07) is 10.2. The van der Waals surface area contributed by atoms with Crippen molar-refractivity contribution in [2.75, 3.05) is 19.8 Å². The lowest BCUT2D eigenvalue weighted by atomic mass is 9.80. The van der Waals surface area contributed by atoms with E-state index in [1.807, 2.05) is 37.4 Å². The highest BCUT2D eigenvalue weighted by molar-refractivity contribution is 5.78. The molecule has 7 heteroatoms. The Morgan fingerprint density at radius 1 is 1.03 bits per heavy atom. The van der Waals surface area contributed by atoms with Crippen molar-refractivity contribution in [2.24, 2.45) is 10.7 Å². The number of aromatic nitrogens is 2. The molecule has 0 fully saturated rings. The first-order chi connectivity index (χ1) is 16.7. The maximum Gasteiger partial charge on any atom is 0.283 e. The first-order valence-electron chi connectivity index (χ1n) is 11.1. The third-order valence-electron chi connectivity index (χ3n) is 6.27. The van der Waals surface area contributed by atoms with Crippen molar-refractivity contribution in [2.45, 2.75) is 18.9 Å². The van der Waals surface area contributed by atoms with Gasteiger partial charge in [0.05, 0.1) is 25.1 Å². The fourth-order valence-electron chi connectivity index (χ4n) is 4.66. The molecule has 0 amide bonds. The minimum absolute atomic E-state index is 0.157. The quantitative estimate of drug-likeness (QED) is 0.593. The van der Waals surface area contributed by atoms with Gasteiger partial charge in [-0.1, -0.05) is 18.1 Å². The van der Waals surface area contributed by atoms with Gasteiger partial charge in [0.25, 0.3) is 6.02 Å². The van der Waals surface area contributed by atoms with Crippen molar-refractivity contribution in [1.29, 1.82) is 0 Å². The maximum atomic E-state index is 6.28. The molecule has 6 rings (SSSR count). The molecule has 1 atom stereocenters. The summed E-state index contributed by atoms with van der Waals surface area (Å²) < 4.78 is 17.6. The topological polar surface area (TPSA) is 91.9 Å². The van der Waals surface area contributed by atoms with Gasteiger partial charge in [-0.25, -0.2) is 4.99 Å². The van der Waals surface area contributed by atoms with E-state index in [4.69, 9.17) is 24.9 Å². The Kier molecular flexibility index (Phi) is 4.82. The zero-order chi connectivity index (χ0) is 23.1. The predicted octanol–water partition coefficient (Wildman–Crippen LogP) is 4.01. The molecular formula is C27H22N4O3. The van der Waals surface area contributed by atoms with Gasteiger partial charge in [0, 0.05) is 34.6 Å². The fraction of sp³-hybridized carbons (Fsp3) is 0.222. The van der Waals surface area contributed by atoms with Crippen LogP contribution in [0.15, 0.2) is 60.0 Å². The average molecular weight is 450 g/mol. The number of ether oxygens (including phenoxy) is 3. The number of benzene rings is 1. The second-order valence-electron chi connectivity index (χ2n) is 8.39. The van der Waals surface area contributed by atoms with Crippen LogP contribution in [-0.4, -0.2) is 35.8 Å². The predicted molar refractivity (Wildman–Crippen MR) is 128 cm³/mol. The maximum absolute atomic E-state index is 6.28. The Morgan fingerprint density at radius 3 is 2.74 bits per heavy atom. The van der Waals surface area contributed by atoms with E-state index in [0.29, 0.717) is 18.1 Å². The highest BCUT2D eigenvalue weighted by Crippen LogP contribution is 2.51. The van der Waals surface area contributed by atoms with Crippen molar-refractivity contribution in [3.63, 3.8) is 0 Å². The van der Waals surface area contributed by atoms with Gasteiger partial charge in [0.2, 0.25) is 0 Å². The highest BCUT2D eigenvalue weighted by Gasteiger charge is 2.47. The monoisotopic (exact) mass is 450 g/mol. The van der Waals surface area contributed by atoms with Gasteiger partial charge in [-0.2, -0.15) is 0 Å². The van der Waals surface area contributed by atoms with Crippen LogP contribution in [0.5, 0.6) is 11.5 Å². The van der Waals surface area contributed by atoms with E-state index < -0.39 is 5.54 Å². The Hall–Kier alpha value is -4.15. The van der Waals surface area contributed by atoms with Gasteiger partial charge in [-0.15, -0.1) is 5.92 Å². The SMILES string of the molecule is CC#Cc1cncc(-c2ccc3c(c2)[C@@]2(COC(N)=N2)c2cc(C4=CCCOC4)ncc2O3)c1. The Labute approximate surface area is 197 Å². The Morgan fingerprint density at radius 2 is 1.94 bits per heavy atom. The van der Waals surface area contributed by atoms with Gasteiger partial charge >= 0.3 is 0 Å². The smallest absolute Gasteiger partial charge is 0.283 e. The first kappa shape index (κ1) is 20.5. The van der Waals surface area contributed by atoms with Gasteiger partial charge in [-0.05, 0) is 48.7 Å². The number of aliphatic imine (C=N–C) groups is 1. The number of fused-ring (bicyclic) bond motifs is 4. The van der Waals surface area contributed by atoms with Crippen LogP contribution in [0.25, 0.3) is 16.7 Å². The lowest BCUT2D eigenvalue weighted by Gasteiger charge is -2.34. The zero-order valence-corrected chi connectivity index (χ0v) is 18.7. The molecule has 2 aromatic heterocycles. The minimum atomic E-state index is -0.828. The molecule has 3 aromatic rings. The minimum Gasteiger partial charge on any atom is -0.462 e. The summed E-state index contributed by atoms with van der Waals surface area (Å²) in [4.78, 5) is 13.8. The summed E-state index contributed by atoms with van der Waals surface area (Å²) >= 11 is 0. The fourth-order valence-corrected chi connectivity index (χ4v) is 4.66. The second kappa shape index (κ2) is 8.01. The Bertz CT molecular complexity index is 1430. The van der Waals surface area contributed by atoms with E-state index in [1.165, 1.54) is 0 Å². The van der Waals surface area contributed by atoms with Crippen LogP contribution in [0.3, 0.4) is 0 Å². The highest BCUT2D eigenvalue weighted by atomic mass is 16.5. The third kappa shape index (κ3) is 3.31. The van der Waals surface area contributed by atoms with Crippen LogP contribution in [0.2, 0.25) is 0 Å². The lowest BCUT2D eigenvalue weighted by Crippen LogP contribution is -2.31. The largest absolute Gasteiger partial charge is 0.462 e. The summed E-state index contributed by atoms with van der Waals surface area (Å²) in [5.41, 5.74) is 11.7. The molecule has 5 heterocycles. The van der Waals surface area contributed by atoms with Crippen molar-refractivity contribution in [1.82, 2.24) is 9.97 Å². The van der Waals surface area contributed by atoms with Crippen molar-refractivity contribution >= 4 is 11.6 Å². The van der Waals surface area contributed by atoms with Crippen molar-refractivity contribution < 1.29 is 14.2 Å². The molecular weight excluding hydrogens is 428 g/mol. The summed E-state index contributed by atoms with van der Waals surface area (Å²) in [5.74, 6) is 7.33. The molecule has 0 radical (unpaired) electrons. The first-order valence-corrected chi connectivity index (χ1v) is 11.1. The van der Waals surface area contributed by atoms with E-state index in [9.17, 15) is 0 Å². The zero-order valence-electron chi connectivity index (χ0n) is 18.7. The molecule has 7 nitrogen and oxygen atoms in total. The molecule has 2 N–H and O–H groups in total. The molecule has 1 spiro atoms. The van der Waals surface area contributed by atoms with Gasteiger partial charge < -0.3 is 19.9 Å². The van der Waals surface area contributed by atoms with Crippen LogP contribution in [0.4, 0.5) is 0 Å². The molecule has 34 heavy (non-hydrogen) atoms. The van der Waals surface area contributed by atoms with Crippen LogP contribution < -0.4 is 10.5 Å². The van der Waals surface area contributed by atoms with Gasteiger partial charge in [0.15, 0.2) is 11.3 Å². The molecule has 0 unspecified atom stereocenters. The second-order valence-corrected chi connectivity index (χ2v) is 8.39. The van der Waals surface area contributed by atoms with Gasteiger partial charge in [0.1, 0.15) is 12.4 Å². The molecule has 3 aliphatic heterocycles. The van der Waals surface area contributed by atoms with Crippen molar-refractivity contribution in [3.05, 3.63) is 77.4 Å². The van der Waals surface area contributed by atoms with Crippen LogP contribution >= 0.6 is 0 Å². The number of hydrogen-bond donors (Lipinski definition) is 1. The van der Waals surface area contributed by atoms with Crippen LogP contribution in [0.1, 0.15) is 35.7 Å². The number of nitrogens with two attached hydrogens (primary N) is 1. The van der Waals surface area contributed by atoms with Crippen molar-refractivity contribution in [3.8, 4) is 34.5 Å². The van der Waals surface area contributed by atoms with E-state index in [2.05, 4.69) is 34.0 Å². The molecule has 0 bridgehead atoms. The molecule has 0 saturated carbocycles. The summed E-state index contributed by atoms with van der Waals surface area (Å²) in [6.45, 7) is 3.36. The van der Waals surface area contributed by atoms with E-state index >= 15 is 0 Å². The van der Waals surface area contributed by atoms with Crippen LogP contribution in [-0.2, 0) is 15.0 Å². The van der Waals surface area contributed by atoms with Gasteiger partial charge in [-0.3, -0.25) is 9.97 Å². The molecule has 1 aromatic carbocycles. The summed E-state index contributed by atoms with van der Waals surface area (Å²) in [6.07, 6.45) is 8.37. The lowest BCUT2D eigenvalue weighted by molar-refractivity contribution is 0.164. The molecule has 168 valence electrons. The Balaban J connectivity index is 1.51. The standard InChI is InChI=1S/C27H22N4O3/c1-2-4-17-9-20(13-29-12-17)18-6-7-24-21(10-18)27(16-33-26(28)31-27)22-11-23(30-14-25(22)34-24)19-5-3-8-32-15-19/h5-7,9-14H,3,8,15-16H2,1H3,(H2,28,31)/t27-/m0/s1. The van der Waals surface area contributed by atoms with E-state index in [0.717, 1.165) is 52.1 Å². The normalized spacial score (nSPS) is 20.1. The number of pyridine rings is 2. The summed E-state index contributed by atoms with van der Waals surface area (Å²) in [7, 11) is 0. The molecule has 3 aliphatic rings. The van der Waals surface area contributed by atoms with E-state index in [1.54, 1.807) is 12.4 Å². The number of nitrogens with zero attached hydrogens (tertiary/aromatic N) is 3. The third-order valence-corrected chi connectivity index (χ3v) is 6.27.